The molecule has 0 aliphatic carbocycles. The molecule has 0 bridgehead atoms. The molecule has 0 saturated carbocycles. The minimum atomic E-state index is -4.95. The van der Waals surface area contributed by atoms with Gasteiger partial charge in [-0.2, -0.15) is 0 Å². The van der Waals surface area contributed by atoms with E-state index in [0.717, 1.165) is 0 Å². The van der Waals surface area contributed by atoms with Gasteiger partial charge in [-0.05, 0) is 77.0 Å². The summed E-state index contributed by atoms with van der Waals surface area (Å²) < 4.78 is 89.0. The number of hydrogen-bond acceptors (Lipinski definition) is 29. The number of ether oxygens (including phenoxy) is 7. The number of ketones is 3. The Bertz CT molecular complexity index is 2740. The van der Waals surface area contributed by atoms with Crippen LogP contribution in [0.25, 0.3) is 0 Å². The highest BCUT2D eigenvalue weighted by molar-refractivity contribution is 7.47. The molecular formula is C70H123N3O31P2. The predicted octanol–water partition coefficient (Wildman–Crippen LogP) is 2.15. The molecule has 6 saturated heterocycles. The van der Waals surface area contributed by atoms with Gasteiger partial charge in [0.1, 0.15) is 54.0 Å². The normalized spacial score (nSPS) is 32.5. The fourth-order valence-electron chi connectivity index (χ4n) is 14.5. The maximum Gasteiger partial charge on any atom is 0.472 e. The molecule has 12 N–H and O–H groups in total. The van der Waals surface area contributed by atoms with E-state index in [1.807, 2.05) is 0 Å². The Morgan fingerprint density at radius 1 is 0.387 bits per heavy atom. The maximum absolute atomic E-state index is 14.0. The molecule has 34 nitrogen and oxygen atoms in total. The lowest BCUT2D eigenvalue weighted by atomic mass is 9.92. The van der Waals surface area contributed by atoms with E-state index in [9.17, 15) is 98.7 Å². The molecule has 8 unspecified atom stereocenters. The monoisotopic (exact) mass is 1560 g/mol. The van der Waals surface area contributed by atoms with Crippen LogP contribution in [0.3, 0.4) is 0 Å². The van der Waals surface area contributed by atoms with E-state index in [4.69, 9.17) is 51.3 Å². The van der Waals surface area contributed by atoms with E-state index in [1.54, 1.807) is 25.7 Å². The summed E-state index contributed by atoms with van der Waals surface area (Å²) >= 11 is 0. The van der Waals surface area contributed by atoms with Crippen LogP contribution >= 0.6 is 15.6 Å². The molecule has 0 spiro atoms. The van der Waals surface area contributed by atoms with Gasteiger partial charge in [-0.1, -0.05) is 59.3 Å². The van der Waals surface area contributed by atoms with Gasteiger partial charge in [0.15, 0.2) is 18.9 Å². The smallest absolute Gasteiger partial charge is 0.394 e. The molecule has 106 heavy (non-hydrogen) atoms. The summed E-state index contributed by atoms with van der Waals surface area (Å²) in [4.78, 5) is 106. The molecule has 0 aromatic rings. The van der Waals surface area contributed by atoms with Crippen molar-refractivity contribution in [1.82, 2.24) is 14.7 Å². The Labute approximate surface area is 621 Å². The first-order valence-electron chi connectivity index (χ1n) is 38.1. The number of rotatable bonds is 51. The van der Waals surface area contributed by atoms with E-state index in [2.05, 4.69) is 0 Å². The van der Waals surface area contributed by atoms with Gasteiger partial charge in [0.25, 0.3) is 0 Å². The molecule has 6 heterocycles. The zero-order valence-corrected chi connectivity index (χ0v) is 63.8. The van der Waals surface area contributed by atoms with Crippen LogP contribution in [0.15, 0.2) is 0 Å². The number of phosphoric acid groups is 2. The first kappa shape index (κ1) is 91.8. The zero-order chi connectivity index (χ0) is 77.7. The van der Waals surface area contributed by atoms with Gasteiger partial charge >= 0.3 is 15.6 Å². The van der Waals surface area contributed by atoms with E-state index in [0.29, 0.717) is 109 Å². The molecule has 6 fully saturated rings. The van der Waals surface area contributed by atoms with Gasteiger partial charge in [-0.25, -0.2) is 9.13 Å². The number of carbonyl (C=O) groups excluding carboxylic acids is 6. The minimum absolute atomic E-state index is 0.00558. The second-order valence-corrected chi connectivity index (χ2v) is 32.2. The van der Waals surface area contributed by atoms with Crippen molar-refractivity contribution in [2.45, 2.75) is 304 Å². The lowest BCUT2D eigenvalue weighted by molar-refractivity contribution is -0.282. The average Bonchev–Trinajstić information content (AvgIpc) is 1.59. The number of amides is 3. The molecule has 36 heteroatoms. The van der Waals surface area contributed by atoms with Gasteiger partial charge in [0.05, 0.1) is 114 Å². The highest BCUT2D eigenvalue weighted by Crippen LogP contribution is 2.50. The van der Waals surface area contributed by atoms with Crippen molar-refractivity contribution in [2.24, 2.45) is 17.8 Å². The molecule has 6 aliphatic heterocycles. The number of unbranched alkanes of at least 4 members (excludes halogenated alkanes) is 9. The Morgan fingerprint density at radius 3 is 0.981 bits per heavy atom. The first-order valence-corrected chi connectivity index (χ1v) is 41.1. The van der Waals surface area contributed by atoms with Crippen LogP contribution in [0.1, 0.15) is 194 Å². The average molecular weight is 1560 g/mol. The Hall–Kier alpha value is -3.04. The van der Waals surface area contributed by atoms with Crippen LogP contribution < -0.4 is 0 Å². The number of hydrogen-bond donors (Lipinski definition) is 12. The maximum atomic E-state index is 14.0. The van der Waals surface area contributed by atoms with Crippen LogP contribution in [0.4, 0.5) is 0 Å². The number of aliphatic hydroxyl groups is 10. The van der Waals surface area contributed by atoms with Crippen molar-refractivity contribution in [2.75, 3.05) is 86.2 Å². The number of β-amino-alcohol motifs (C(OH)–C–C–N with tert-alkyl or cyclic N) is 1. The van der Waals surface area contributed by atoms with Crippen molar-refractivity contribution in [1.29, 1.82) is 0 Å². The lowest BCUT2D eigenvalue weighted by Crippen LogP contribution is -2.55. The highest BCUT2D eigenvalue weighted by atomic mass is 31.2. The number of Topliss-reactive ketones (excluding diaryl/α,β-unsaturated/α-hetero) is 3. The van der Waals surface area contributed by atoms with Gasteiger partial charge in [-0.3, -0.25) is 46.9 Å². The third-order valence-corrected chi connectivity index (χ3v) is 23.0. The fourth-order valence-corrected chi connectivity index (χ4v) is 16.4. The van der Waals surface area contributed by atoms with E-state index in [-0.39, 0.29) is 139 Å². The fraction of sp³-hybridized carbons (Fsp3) is 0.914. The van der Waals surface area contributed by atoms with Crippen molar-refractivity contribution in [3.05, 3.63) is 0 Å². The Morgan fingerprint density at radius 2 is 0.670 bits per heavy atom. The molecule has 614 valence electrons. The van der Waals surface area contributed by atoms with E-state index < -0.39 is 183 Å². The van der Waals surface area contributed by atoms with Gasteiger partial charge in [0.2, 0.25) is 17.7 Å². The third kappa shape index (κ3) is 29.8. The highest BCUT2D eigenvalue weighted by Gasteiger charge is 2.48. The SMILES string of the molecule is COC[C@@H]1C[C@@H](OP(=O)(O)OC[C@@H]2C[C@@H](OP(=O)(O)OC[C@@H]3C[C@@H](O)CN3C(=O)CCCCCCC(=O)CCCO[C@@H]3OC(CO)[C@H](O)C(O)[C@@H]3C)CN2C(=O)CCCCCCC(=O)CCCO[C@@H]2OC(CO)[C@H](O)C(O)[C@@H]2C)CN1C(=O)CCCCCCC(=O)CCCO[C@@H]1OC(CO)[C@H](O)C(O)[C@@H]1C. The van der Waals surface area contributed by atoms with Crippen LogP contribution in [-0.4, -0.2) is 307 Å². The van der Waals surface area contributed by atoms with Gasteiger partial charge < -0.3 is 109 Å². The molecule has 0 radical (unpaired) electrons. The van der Waals surface area contributed by atoms with Gasteiger partial charge in [-0.15, -0.1) is 0 Å². The molecule has 3 amide bonds. The number of phosphoric ester groups is 2. The standard InChI is InChI=1S/C70H123N3O31P2/c1-44-62(84)65(87)56(38-74)100-68(44)95-29-17-23-50(77)20-11-5-8-14-26-59(81)71-35-53(80)32-47(71)42-98-105(90,91)104-55-34-49(73(37-55)61(83)28-16-10-7-13-22-52(79)25-19-31-97-70-46(3)64(86)67(89)58(40-76)102-70)43-99-106(92,93)103-54-33-48(41-94-4)72(36-54)60(82)27-15-9-6-12-21-51(78)24-18-30-96-69-45(2)63(85)66(88)57(39-75)101-69/h44-49,53-58,62-70,74-76,80,84-89H,5-43H2,1-4H3,(H,90,91)(H,92,93)/t44-,45-,46-,47-,48-,49-,53+,54+,55+,56?,57?,58?,62?,63?,64?,65-,66-,67-,68+,69+,70+/m0/s1. The predicted molar refractivity (Wildman–Crippen MR) is 374 cm³/mol. The number of aliphatic hydroxyl groups excluding tert-OH is 10. The second-order valence-electron chi connectivity index (χ2n) is 29.4. The number of carbonyl (C=O) groups is 6. The van der Waals surface area contributed by atoms with Crippen molar-refractivity contribution >= 4 is 50.7 Å². The number of nitrogens with zero attached hydrogens (tertiary/aromatic N) is 3. The van der Waals surface area contributed by atoms with Crippen molar-refractivity contribution in [3.63, 3.8) is 0 Å². The molecule has 6 rings (SSSR count). The van der Waals surface area contributed by atoms with Crippen molar-refractivity contribution < 1.29 is 150 Å². The van der Waals surface area contributed by atoms with Gasteiger partial charge in [0, 0.05) is 102 Å². The largest absolute Gasteiger partial charge is 0.472 e. The van der Waals surface area contributed by atoms with Crippen LogP contribution in [0.5, 0.6) is 0 Å². The molecule has 23 atom stereocenters. The lowest BCUT2D eigenvalue weighted by Gasteiger charge is -2.40. The number of likely N-dealkylation sites (tertiary alicyclic amines) is 3. The Balaban J connectivity index is 0.929. The summed E-state index contributed by atoms with van der Waals surface area (Å²) in [6.45, 7) is 2.70. The Kier molecular flexibility index (Phi) is 40.6. The summed E-state index contributed by atoms with van der Waals surface area (Å²) in [5.41, 5.74) is 0. The third-order valence-electron chi connectivity index (χ3n) is 20.9. The molecule has 0 aromatic heterocycles. The van der Waals surface area contributed by atoms with Crippen LogP contribution in [-0.2, 0) is 89.2 Å². The minimum Gasteiger partial charge on any atom is -0.394 e. The first-order chi connectivity index (χ1) is 50.5. The van der Waals surface area contributed by atoms with E-state index in [1.165, 1.54) is 16.9 Å². The summed E-state index contributed by atoms with van der Waals surface area (Å²) in [5.74, 6) is -2.55. The molecule has 0 aromatic carbocycles. The zero-order valence-electron chi connectivity index (χ0n) is 62.1. The number of methoxy groups -OCH3 is 1. The van der Waals surface area contributed by atoms with Crippen molar-refractivity contribution in [3.8, 4) is 0 Å². The summed E-state index contributed by atoms with van der Waals surface area (Å²) in [7, 11) is -8.42. The second kappa shape index (κ2) is 46.8. The van der Waals surface area contributed by atoms with Crippen LogP contribution in [0.2, 0.25) is 0 Å². The summed E-state index contributed by atoms with van der Waals surface area (Å²) in [6, 6.07) is -2.26. The van der Waals surface area contributed by atoms with Crippen LogP contribution in [0, 0.1) is 17.8 Å². The summed E-state index contributed by atoms with van der Waals surface area (Å²) in [5, 5.41) is 100. The topological polar surface area (TPSA) is 491 Å². The summed E-state index contributed by atoms with van der Waals surface area (Å²) in [6.07, 6.45) is -5.65. The quantitative estimate of drug-likeness (QED) is 0.0307. The molecule has 6 aliphatic rings. The van der Waals surface area contributed by atoms with E-state index >= 15 is 0 Å². The molecular weight excluding hydrogens is 1440 g/mol.